The SMILES string of the molecule is O=C(O)Cn1ccc([I-]I)cc1=O. The van der Waals surface area contributed by atoms with Gasteiger partial charge in [0.25, 0.3) is 0 Å². The van der Waals surface area contributed by atoms with Crippen molar-refractivity contribution < 1.29 is 27.1 Å². The van der Waals surface area contributed by atoms with Crippen molar-refractivity contribution in [3.63, 3.8) is 0 Å². The Bertz CT molecular complexity index is 374. The van der Waals surface area contributed by atoms with Gasteiger partial charge in [0.2, 0.25) is 0 Å². The van der Waals surface area contributed by atoms with E-state index in [0.717, 1.165) is 3.57 Å². The van der Waals surface area contributed by atoms with Gasteiger partial charge in [0, 0.05) is 0 Å². The fraction of sp³-hybridized carbons (Fsp3) is 0.143. The van der Waals surface area contributed by atoms with E-state index in [0.29, 0.717) is 0 Å². The van der Waals surface area contributed by atoms with Gasteiger partial charge in [0.05, 0.1) is 0 Å². The predicted molar refractivity (Wildman–Crippen MR) is 51.1 cm³/mol. The summed E-state index contributed by atoms with van der Waals surface area (Å²) in [6, 6.07) is 3.30. The number of rotatable bonds is 3. The van der Waals surface area contributed by atoms with Crippen molar-refractivity contribution in [3.05, 3.63) is 32.3 Å². The molecule has 1 rings (SSSR count). The van der Waals surface area contributed by atoms with E-state index in [1.54, 1.807) is 6.07 Å². The third-order valence-electron chi connectivity index (χ3n) is 1.35. The van der Waals surface area contributed by atoms with Gasteiger partial charge in [-0.15, -0.1) is 0 Å². The van der Waals surface area contributed by atoms with Crippen LogP contribution in [0.3, 0.4) is 0 Å². The van der Waals surface area contributed by atoms with Crippen molar-refractivity contribution in [2.75, 3.05) is 0 Å². The molecule has 1 heterocycles. The monoisotopic (exact) mass is 406 g/mol. The molecule has 0 atom stereocenters. The Morgan fingerprint density at radius 1 is 1.69 bits per heavy atom. The maximum atomic E-state index is 11.2. The number of carboxylic acids is 1. The first kappa shape index (κ1) is 11.0. The number of hydrogen-bond acceptors (Lipinski definition) is 2. The standard InChI is InChI=1S/C7H6I2NO3/c8-9-5-1-2-10(4-7(12)13)6(11)3-5/h1-3H,4H2,(H,12,13)/q-1. The van der Waals surface area contributed by atoms with Crippen LogP contribution in [0.5, 0.6) is 0 Å². The van der Waals surface area contributed by atoms with Crippen LogP contribution in [0, 0.1) is 3.57 Å². The molecule has 0 aliphatic heterocycles. The molecule has 0 radical (unpaired) electrons. The van der Waals surface area contributed by atoms with Crippen LogP contribution in [0.25, 0.3) is 0 Å². The van der Waals surface area contributed by atoms with Crippen molar-refractivity contribution in [3.8, 4) is 0 Å². The Balaban J connectivity index is 2.99. The Morgan fingerprint density at radius 3 is 2.85 bits per heavy atom. The van der Waals surface area contributed by atoms with Crippen LogP contribution in [0.1, 0.15) is 0 Å². The Morgan fingerprint density at radius 2 is 2.38 bits per heavy atom. The second kappa shape index (κ2) is 4.94. The molecule has 0 saturated heterocycles. The molecular weight excluding hydrogens is 400 g/mol. The Hall–Kier alpha value is -0.120. The van der Waals surface area contributed by atoms with Gasteiger partial charge in [0.15, 0.2) is 0 Å². The first-order valence-electron chi connectivity index (χ1n) is 3.31. The molecule has 1 N–H and O–H groups in total. The zero-order valence-corrected chi connectivity index (χ0v) is 10.7. The van der Waals surface area contributed by atoms with E-state index in [1.165, 1.54) is 16.8 Å². The Labute approximate surface area is 94.4 Å². The number of aliphatic carboxylic acids is 1. The van der Waals surface area contributed by atoms with E-state index >= 15 is 0 Å². The number of carbonyl (C=O) groups is 1. The van der Waals surface area contributed by atoms with E-state index in [4.69, 9.17) is 5.11 Å². The van der Waals surface area contributed by atoms with Gasteiger partial charge in [-0.1, -0.05) is 0 Å². The summed E-state index contributed by atoms with van der Waals surface area (Å²) in [6.45, 7) is -0.265. The molecule has 0 amide bonds. The number of carboxylic acid groups (broad SMARTS) is 1. The third-order valence-corrected chi connectivity index (χ3v) is 5.65. The van der Waals surface area contributed by atoms with Crippen molar-refractivity contribution in [2.45, 2.75) is 6.54 Å². The van der Waals surface area contributed by atoms with Crippen molar-refractivity contribution in [1.29, 1.82) is 0 Å². The Kier molecular flexibility index (Phi) is 4.16. The molecule has 0 aliphatic carbocycles. The summed E-state index contributed by atoms with van der Waals surface area (Å²) in [7, 11) is 0. The van der Waals surface area contributed by atoms with Gasteiger partial charge in [-0.2, -0.15) is 0 Å². The third kappa shape index (κ3) is 3.25. The van der Waals surface area contributed by atoms with Crippen LogP contribution >= 0.6 is 18.6 Å². The molecule has 13 heavy (non-hydrogen) atoms. The average molecular weight is 406 g/mol. The number of halogens is 2. The molecule has 72 valence electrons. The van der Waals surface area contributed by atoms with E-state index in [2.05, 4.69) is 18.6 Å². The molecule has 1 aromatic heterocycles. The number of aromatic nitrogens is 1. The molecule has 0 saturated carbocycles. The van der Waals surface area contributed by atoms with Crippen LogP contribution < -0.4 is 22.8 Å². The number of nitrogens with zero attached hydrogens (tertiary/aromatic N) is 1. The van der Waals surface area contributed by atoms with Crippen molar-refractivity contribution in [2.24, 2.45) is 0 Å². The molecule has 0 aromatic carbocycles. The molecule has 0 spiro atoms. The maximum absolute atomic E-state index is 11.2. The molecule has 0 unspecified atom stereocenters. The quantitative estimate of drug-likeness (QED) is 0.568. The van der Waals surface area contributed by atoms with Gasteiger partial charge in [0.1, 0.15) is 0 Å². The number of pyridine rings is 1. The van der Waals surface area contributed by atoms with Crippen LogP contribution in [0.2, 0.25) is 0 Å². The normalized spacial score (nSPS) is 10.2. The molecular formula is C7H6I2NO3-. The van der Waals surface area contributed by atoms with Gasteiger partial charge >= 0.3 is 95.1 Å². The average Bonchev–Trinajstić information content (AvgIpc) is 2.08. The van der Waals surface area contributed by atoms with Crippen molar-refractivity contribution >= 4 is 24.6 Å². The summed E-state index contributed by atoms with van der Waals surface area (Å²) >= 11 is 2.12. The topological polar surface area (TPSA) is 59.3 Å². The second-order valence-electron chi connectivity index (χ2n) is 2.28. The fourth-order valence-corrected chi connectivity index (χ4v) is 3.19. The van der Waals surface area contributed by atoms with E-state index in [9.17, 15) is 9.59 Å². The summed E-state index contributed by atoms with van der Waals surface area (Å²) in [5.41, 5.74) is -0.240. The fourth-order valence-electron chi connectivity index (χ4n) is 0.804. The summed E-state index contributed by atoms with van der Waals surface area (Å²) in [6.07, 6.45) is 1.53. The van der Waals surface area contributed by atoms with Crippen LogP contribution in [0.15, 0.2) is 23.1 Å². The first-order valence-corrected chi connectivity index (χ1v) is 10.7. The summed E-state index contributed by atoms with van der Waals surface area (Å²) in [5.74, 6) is -1.00. The van der Waals surface area contributed by atoms with Crippen molar-refractivity contribution in [1.82, 2.24) is 4.57 Å². The first-order chi connectivity index (χ1) is 6.13. The zero-order valence-electron chi connectivity index (χ0n) is 6.41. The van der Waals surface area contributed by atoms with Gasteiger partial charge < -0.3 is 0 Å². The molecule has 6 heteroatoms. The molecule has 0 fully saturated rings. The second-order valence-corrected chi connectivity index (χ2v) is 6.66. The predicted octanol–water partition coefficient (Wildman–Crippen LogP) is -2.46. The zero-order chi connectivity index (χ0) is 9.84. The van der Waals surface area contributed by atoms with E-state index < -0.39 is 5.97 Å². The van der Waals surface area contributed by atoms with Crippen LogP contribution in [-0.4, -0.2) is 15.6 Å². The summed E-state index contributed by atoms with van der Waals surface area (Å²) < 4.78 is 2.20. The van der Waals surface area contributed by atoms with Gasteiger partial charge in [-0.3, -0.25) is 0 Å². The van der Waals surface area contributed by atoms with Crippen LogP contribution in [-0.2, 0) is 11.3 Å². The molecule has 1 aromatic rings. The number of hydrogen-bond donors (Lipinski definition) is 1. The molecule has 0 aliphatic rings. The van der Waals surface area contributed by atoms with Gasteiger partial charge in [-0.05, 0) is 0 Å². The summed E-state index contributed by atoms with van der Waals surface area (Å²) in [4.78, 5) is 21.6. The van der Waals surface area contributed by atoms with E-state index in [1.807, 2.05) is 0 Å². The molecule has 4 nitrogen and oxygen atoms in total. The summed E-state index contributed by atoms with van der Waals surface area (Å²) in [5, 5.41) is 8.46. The minimum absolute atomic E-state index is 0.132. The van der Waals surface area contributed by atoms with E-state index in [-0.39, 0.29) is 29.3 Å². The minimum atomic E-state index is -1.00. The molecule has 0 bridgehead atoms. The van der Waals surface area contributed by atoms with Crippen LogP contribution in [0.4, 0.5) is 0 Å². The van der Waals surface area contributed by atoms with Gasteiger partial charge in [-0.25, -0.2) is 0 Å².